The molecule has 10 heteroatoms. The molecule has 0 radical (unpaired) electrons. The van der Waals surface area contributed by atoms with Crippen LogP contribution in [0.25, 0.3) is 16.9 Å². The van der Waals surface area contributed by atoms with Crippen molar-refractivity contribution in [3.63, 3.8) is 0 Å². The van der Waals surface area contributed by atoms with Gasteiger partial charge in [0.15, 0.2) is 5.65 Å². The number of carbonyl (C=O) groups excluding carboxylic acids is 2. The van der Waals surface area contributed by atoms with Gasteiger partial charge in [-0.25, -0.2) is 9.78 Å². The molecule has 41 heavy (non-hydrogen) atoms. The van der Waals surface area contributed by atoms with Crippen LogP contribution in [0, 0.1) is 12.3 Å². The molecule has 6 bridgehead atoms. The molecule has 0 N–H and O–H groups in total. The van der Waals surface area contributed by atoms with E-state index in [9.17, 15) is 9.59 Å². The topological polar surface area (TPSA) is 104 Å². The van der Waals surface area contributed by atoms with E-state index in [0.717, 1.165) is 55.6 Å². The standard InChI is InChI=1S/C31H34N6O4/c1-21-27(28(38)30(39)40-3)29-35-14-12-31(2,13-15-35)11-7-4-8-16-41-25-10-6-5-9-22(25)19-36-20-23(18-32-36)24-17-26(33-21)37(29)34-24/h4-6,8-10,17-18,20H,7,11-16,19H2,1-3H3/b8-4+. The summed E-state index contributed by atoms with van der Waals surface area (Å²) >= 11 is 0. The molecule has 6 heterocycles. The van der Waals surface area contributed by atoms with Gasteiger partial charge in [-0.2, -0.15) is 14.7 Å². The summed E-state index contributed by atoms with van der Waals surface area (Å²) in [6.45, 7) is 6.59. The van der Waals surface area contributed by atoms with Crippen LogP contribution >= 0.6 is 0 Å². The molecule has 212 valence electrons. The third kappa shape index (κ3) is 5.21. The van der Waals surface area contributed by atoms with Gasteiger partial charge >= 0.3 is 5.97 Å². The van der Waals surface area contributed by atoms with Gasteiger partial charge in [0, 0.05) is 36.5 Å². The zero-order valence-corrected chi connectivity index (χ0v) is 23.7. The van der Waals surface area contributed by atoms with Crippen molar-refractivity contribution in [2.45, 2.75) is 46.1 Å². The van der Waals surface area contributed by atoms with Crippen molar-refractivity contribution in [1.29, 1.82) is 0 Å². The van der Waals surface area contributed by atoms with E-state index >= 15 is 0 Å². The summed E-state index contributed by atoms with van der Waals surface area (Å²) in [5.41, 5.74) is 4.00. The van der Waals surface area contributed by atoms with E-state index in [1.54, 1.807) is 17.6 Å². The van der Waals surface area contributed by atoms with Gasteiger partial charge in [-0.05, 0) is 44.1 Å². The van der Waals surface area contributed by atoms with Crippen molar-refractivity contribution >= 4 is 23.2 Å². The third-order valence-electron chi connectivity index (χ3n) is 8.28. The molecule has 0 saturated carbocycles. The molecule has 3 aliphatic rings. The first-order valence-corrected chi connectivity index (χ1v) is 14.0. The quantitative estimate of drug-likeness (QED) is 0.153. The van der Waals surface area contributed by atoms with Crippen molar-refractivity contribution < 1.29 is 19.1 Å². The smallest absolute Gasteiger partial charge is 0.379 e. The molecule has 0 unspecified atom stereocenters. The number of allylic oxidation sites excluding steroid dienone is 1. The molecule has 1 saturated heterocycles. The Balaban J connectivity index is 1.47. The second-order valence-electron chi connectivity index (χ2n) is 11.2. The lowest BCUT2D eigenvalue weighted by molar-refractivity contribution is -0.135. The first-order chi connectivity index (χ1) is 19.8. The third-order valence-corrected chi connectivity index (χ3v) is 8.28. The van der Waals surface area contributed by atoms with E-state index in [1.165, 1.54) is 7.11 Å². The van der Waals surface area contributed by atoms with Gasteiger partial charge in [-0.1, -0.05) is 37.3 Å². The maximum Gasteiger partial charge on any atom is 0.379 e. The Bertz CT molecular complexity index is 1640. The normalized spacial score (nSPS) is 17.6. The van der Waals surface area contributed by atoms with E-state index in [0.29, 0.717) is 36.0 Å². The summed E-state index contributed by atoms with van der Waals surface area (Å²) in [7, 11) is 1.22. The Morgan fingerprint density at radius 2 is 1.90 bits per heavy atom. The number of anilines is 1. The predicted molar refractivity (Wildman–Crippen MR) is 154 cm³/mol. The monoisotopic (exact) mass is 554 g/mol. The molecule has 0 spiro atoms. The number of nitrogens with zero attached hydrogens (tertiary/aromatic N) is 6. The largest absolute Gasteiger partial charge is 0.489 e. The summed E-state index contributed by atoms with van der Waals surface area (Å²) in [4.78, 5) is 32.5. The number of benzene rings is 1. The van der Waals surface area contributed by atoms with Crippen LogP contribution in [-0.2, 0) is 16.1 Å². The molecule has 3 aromatic heterocycles. The number of hydrogen-bond donors (Lipinski definition) is 0. The highest BCUT2D eigenvalue weighted by Crippen LogP contribution is 2.39. The number of piperidine rings is 1. The Labute approximate surface area is 238 Å². The van der Waals surface area contributed by atoms with Crippen LogP contribution in [0.5, 0.6) is 5.75 Å². The predicted octanol–water partition coefficient (Wildman–Crippen LogP) is 4.64. The van der Waals surface area contributed by atoms with Crippen LogP contribution in [-0.4, -0.2) is 62.9 Å². The number of rotatable bonds is 2. The molecular formula is C31H34N6O4. The van der Waals surface area contributed by atoms with Crippen molar-refractivity contribution in [2.24, 2.45) is 5.41 Å². The Kier molecular flexibility index (Phi) is 7.07. The van der Waals surface area contributed by atoms with E-state index < -0.39 is 11.8 Å². The van der Waals surface area contributed by atoms with Crippen LogP contribution in [0.2, 0.25) is 0 Å². The highest BCUT2D eigenvalue weighted by molar-refractivity contribution is 6.42. The first kappa shape index (κ1) is 26.7. The van der Waals surface area contributed by atoms with Crippen LogP contribution in [0.15, 0.2) is 54.9 Å². The number of aromatic nitrogens is 5. The van der Waals surface area contributed by atoms with Gasteiger partial charge < -0.3 is 14.4 Å². The van der Waals surface area contributed by atoms with Gasteiger partial charge in [-0.15, -0.1) is 0 Å². The lowest BCUT2D eigenvalue weighted by Gasteiger charge is -2.41. The van der Waals surface area contributed by atoms with E-state index in [-0.39, 0.29) is 11.0 Å². The number of carbonyl (C=O) groups is 2. The maximum absolute atomic E-state index is 13.3. The molecule has 3 aliphatic heterocycles. The number of aryl methyl sites for hydroxylation is 1. The van der Waals surface area contributed by atoms with Crippen LogP contribution in [0.1, 0.15) is 54.2 Å². The summed E-state index contributed by atoms with van der Waals surface area (Å²) < 4.78 is 14.5. The summed E-state index contributed by atoms with van der Waals surface area (Å²) in [5, 5.41) is 9.48. The Morgan fingerprint density at radius 1 is 1.10 bits per heavy atom. The molecule has 4 aromatic rings. The number of esters is 1. The fourth-order valence-corrected chi connectivity index (χ4v) is 5.79. The molecule has 1 fully saturated rings. The minimum absolute atomic E-state index is 0.159. The minimum atomic E-state index is -0.913. The van der Waals surface area contributed by atoms with Crippen molar-refractivity contribution in [3.05, 3.63) is 71.7 Å². The Hall–Kier alpha value is -4.47. The number of Topliss-reactive ketones (excluding diaryl/α,β-unsaturated/α-hetero) is 1. The number of fused-ring (bicyclic) bond motifs is 6. The second kappa shape index (κ2) is 10.8. The zero-order valence-electron chi connectivity index (χ0n) is 23.7. The lowest BCUT2D eigenvalue weighted by Crippen LogP contribution is -2.41. The van der Waals surface area contributed by atoms with Crippen molar-refractivity contribution in [3.8, 4) is 17.0 Å². The van der Waals surface area contributed by atoms with Crippen LogP contribution < -0.4 is 9.64 Å². The Morgan fingerprint density at radius 3 is 2.71 bits per heavy atom. The molecule has 10 nitrogen and oxygen atoms in total. The summed E-state index contributed by atoms with van der Waals surface area (Å²) in [6.07, 6.45) is 11.9. The SMILES string of the molecule is COC(=O)C(=O)c1c(C)nc2cc3nn2c1N1CCC(C)(CC/C=C/COc2ccccc2Cn2cc-3cn2)CC1. The highest BCUT2D eigenvalue weighted by atomic mass is 16.5. The van der Waals surface area contributed by atoms with Crippen molar-refractivity contribution in [2.75, 3.05) is 31.7 Å². The van der Waals surface area contributed by atoms with Gasteiger partial charge in [0.1, 0.15) is 18.2 Å². The van der Waals surface area contributed by atoms with E-state index in [1.807, 2.05) is 41.2 Å². The van der Waals surface area contributed by atoms with Crippen LogP contribution in [0.4, 0.5) is 5.82 Å². The average Bonchev–Trinajstić information content (AvgIpc) is 3.61. The first-order valence-electron chi connectivity index (χ1n) is 14.0. The minimum Gasteiger partial charge on any atom is -0.489 e. The van der Waals surface area contributed by atoms with Crippen molar-refractivity contribution in [1.82, 2.24) is 24.4 Å². The van der Waals surface area contributed by atoms with Gasteiger partial charge in [0.25, 0.3) is 5.78 Å². The number of methoxy groups -OCH3 is 1. The fourth-order valence-electron chi connectivity index (χ4n) is 5.79. The maximum atomic E-state index is 13.3. The summed E-state index contributed by atoms with van der Waals surface area (Å²) in [6, 6.07) is 9.90. The lowest BCUT2D eigenvalue weighted by atomic mass is 9.76. The van der Waals surface area contributed by atoms with E-state index in [2.05, 4.69) is 34.1 Å². The molecule has 0 aliphatic carbocycles. The van der Waals surface area contributed by atoms with E-state index in [4.69, 9.17) is 14.6 Å². The zero-order chi connectivity index (χ0) is 28.6. The molecular weight excluding hydrogens is 520 g/mol. The number of ether oxygens (including phenoxy) is 2. The fraction of sp³-hybridized carbons (Fsp3) is 0.387. The van der Waals surface area contributed by atoms with Crippen LogP contribution in [0.3, 0.4) is 0 Å². The molecule has 7 rings (SSSR count). The number of para-hydroxylation sites is 1. The molecule has 0 atom stereocenters. The summed E-state index contributed by atoms with van der Waals surface area (Å²) in [5.74, 6) is -0.205. The molecule has 0 amide bonds. The van der Waals surface area contributed by atoms with Gasteiger partial charge in [0.05, 0.1) is 36.8 Å². The molecule has 1 aromatic carbocycles. The highest BCUT2D eigenvalue weighted by Gasteiger charge is 2.35. The second-order valence-corrected chi connectivity index (χ2v) is 11.2. The number of hydrogen-bond acceptors (Lipinski definition) is 8. The average molecular weight is 555 g/mol. The van der Waals surface area contributed by atoms with Gasteiger partial charge in [0.2, 0.25) is 0 Å². The van der Waals surface area contributed by atoms with Gasteiger partial charge in [-0.3, -0.25) is 9.48 Å². The number of ketones is 1.